The van der Waals surface area contributed by atoms with Gasteiger partial charge in [-0.1, -0.05) is 12.5 Å². The van der Waals surface area contributed by atoms with Crippen LogP contribution in [0.2, 0.25) is 0 Å². The maximum atomic E-state index is 12.0. The zero-order valence-electron chi connectivity index (χ0n) is 17.3. The van der Waals surface area contributed by atoms with E-state index >= 15 is 0 Å². The molecule has 1 saturated heterocycles. The molecule has 0 saturated carbocycles. The minimum Gasteiger partial charge on any atom is -0.493 e. The molecule has 1 N–H and O–H groups in total. The number of hydrogen-bond acceptors (Lipinski definition) is 6. The van der Waals surface area contributed by atoms with Gasteiger partial charge >= 0.3 is 5.97 Å². The number of pyridine rings is 1. The van der Waals surface area contributed by atoms with E-state index in [9.17, 15) is 9.90 Å². The number of aliphatic carboxylic acids is 1. The summed E-state index contributed by atoms with van der Waals surface area (Å²) in [4.78, 5) is 18.6. The SMILES string of the molecule is COc1cc(C(c2ccc(C)cn2)N2CCCCC2C(=O)O)cc(OC)c1OC. The molecule has 1 aliphatic rings. The highest BCUT2D eigenvalue weighted by molar-refractivity contribution is 5.73. The number of nitrogens with zero attached hydrogens (tertiary/aromatic N) is 2. The van der Waals surface area contributed by atoms with E-state index in [-0.39, 0.29) is 6.04 Å². The van der Waals surface area contributed by atoms with E-state index in [1.807, 2.05) is 36.1 Å². The van der Waals surface area contributed by atoms with Crippen LogP contribution in [-0.2, 0) is 4.79 Å². The van der Waals surface area contributed by atoms with Gasteiger partial charge in [-0.3, -0.25) is 14.7 Å². The summed E-state index contributed by atoms with van der Waals surface area (Å²) in [5, 5.41) is 9.85. The Morgan fingerprint density at radius 3 is 2.34 bits per heavy atom. The lowest BCUT2D eigenvalue weighted by molar-refractivity contribution is -0.145. The molecule has 1 fully saturated rings. The molecule has 1 aromatic carbocycles. The molecule has 156 valence electrons. The number of carboxylic acid groups (broad SMARTS) is 1. The second kappa shape index (κ2) is 9.13. The summed E-state index contributed by atoms with van der Waals surface area (Å²) in [6.07, 6.45) is 4.26. The number of benzene rings is 1. The quantitative estimate of drug-likeness (QED) is 0.762. The van der Waals surface area contributed by atoms with Gasteiger partial charge in [-0.05, 0) is 55.6 Å². The van der Waals surface area contributed by atoms with Crippen molar-refractivity contribution in [1.29, 1.82) is 0 Å². The molecule has 1 aliphatic heterocycles. The lowest BCUT2D eigenvalue weighted by Crippen LogP contribution is -2.47. The molecule has 2 unspecified atom stereocenters. The van der Waals surface area contributed by atoms with Crippen LogP contribution in [0.15, 0.2) is 30.5 Å². The first-order chi connectivity index (χ1) is 14.0. The van der Waals surface area contributed by atoms with Crippen molar-refractivity contribution in [3.63, 3.8) is 0 Å². The van der Waals surface area contributed by atoms with Crippen molar-refractivity contribution in [3.05, 3.63) is 47.3 Å². The Labute approximate surface area is 171 Å². The Balaban J connectivity index is 2.17. The van der Waals surface area contributed by atoms with Crippen LogP contribution in [0.3, 0.4) is 0 Å². The molecule has 3 rings (SSSR count). The number of aromatic nitrogens is 1. The zero-order chi connectivity index (χ0) is 21.0. The zero-order valence-corrected chi connectivity index (χ0v) is 17.3. The van der Waals surface area contributed by atoms with Crippen LogP contribution in [0.5, 0.6) is 17.2 Å². The third kappa shape index (κ3) is 4.29. The van der Waals surface area contributed by atoms with Crippen LogP contribution in [0, 0.1) is 6.92 Å². The van der Waals surface area contributed by atoms with Gasteiger partial charge in [0.2, 0.25) is 5.75 Å². The lowest BCUT2D eigenvalue weighted by Gasteiger charge is -2.39. The number of hydrogen-bond donors (Lipinski definition) is 1. The minimum absolute atomic E-state index is 0.342. The van der Waals surface area contributed by atoms with Crippen LogP contribution < -0.4 is 14.2 Å². The number of methoxy groups -OCH3 is 3. The molecule has 7 heteroatoms. The van der Waals surface area contributed by atoms with E-state index in [1.54, 1.807) is 27.5 Å². The van der Waals surface area contributed by atoms with Gasteiger partial charge in [0, 0.05) is 6.20 Å². The van der Waals surface area contributed by atoms with Gasteiger partial charge in [-0.15, -0.1) is 0 Å². The standard InChI is InChI=1S/C22H28N2O5/c1-14-8-9-16(23-13-14)20(24-10-6-5-7-17(24)22(25)26)15-11-18(27-2)21(29-4)19(12-15)28-3/h8-9,11-13,17,20H,5-7,10H2,1-4H3,(H,25,26). The third-order valence-corrected chi connectivity index (χ3v) is 5.38. The molecule has 7 nitrogen and oxygen atoms in total. The Bertz CT molecular complexity index is 828. The lowest BCUT2D eigenvalue weighted by atomic mass is 9.93. The normalized spacial score (nSPS) is 18.1. The van der Waals surface area contributed by atoms with Gasteiger partial charge in [-0.25, -0.2) is 0 Å². The second-order valence-electron chi connectivity index (χ2n) is 7.21. The number of rotatable bonds is 7. The molecule has 2 atom stereocenters. The maximum absolute atomic E-state index is 12.0. The smallest absolute Gasteiger partial charge is 0.320 e. The molecule has 0 aliphatic carbocycles. The van der Waals surface area contributed by atoms with Crippen LogP contribution in [0.4, 0.5) is 0 Å². The summed E-state index contributed by atoms with van der Waals surface area (Å²) in [7, 11) is 4.70. The molecular formula is C22H28N2O5. The highest BCUT2D eigenvalue weighted by atomic mass is 16.5. The predicted octanol–water partition coefficient (Wildman–Crippen LogP) is 3.44. The van der Waals surface area contributed by atoms with E-state index in [4.69, 9.17) is 14.2 Å². The number of ether oxygens (including phenoxy) is 3. The molecule has 29 heavy (non-hydrogen) atoms. The van der Waals surface area contributed by atoms with Gasteiger partial charge in [-0.2, -0.15) is 0 Å². The van der Waals surface area contributed by atoms with E-state index in [0.29, 0.717) is 30.2 Å². The molecule has 2 aromatic rings. The Morgan fingerprint density at radius 2 is 1.83 bits per heavy atom. The van der Waals surface area contributed by atoms with Crippen LogP contribution in [0.25, 0.3) is 0 Å². The molecule has 0 spiro atoms. The summed E-state index contributed by atoms with van der Waals surface area (Å²) in [5.74, 6) is 0.753. The summed E-state index contributed by atoms with van der Waals surface area (Å²) in [5.41, 5.74) is 2.69. The van der Waals surface area contributed by atoms with E-state index in [1.165, 1.54) is 0 Å². The first kappa shape index (κ1) is 20.9. The largest absolute Gasteiger partial charge is 0.493 e. The molecule has 2 heterocycles. The Morgan fingerprint density at radius 1 is 1.14 bits per heavy atom. The van der Waals surface area contributed by atoms with Crippen molar-refractivity contribution in [2.45, 2.75) is 38.3 Å². The molecule has 0 bridgehead atoms. The topological polar surface area (TPSA) is 81.1 Å². The molecule has 0 radical (unpaired) electrons. The Hall–Kier alpha value is -2.80. The first-order valence-electron chi connectivity index (χ1n) is 9.71. The van der Waals surface area contributed by atoms with Gasteiger partial charge in [0.25, 0.3) is 0 Å². The number of piperidine rings is 1. The van der Waals surface area contributed by atoms with Crippen molar-refractivity contribution in [2.24, 2.45) is 0 Å². The minimum atomic E-state index is -0.811. The summed E-state index contributed by atoms with van der Waals surface area (Å²) in [6, 6.07) is 6.79. The van der Waals surface area contributed by atoms with Gasteiger partial charge in [0.15, 0.2) is 11.5 Å². The summed E-state index contributed by atoms with van der Waals surface area (Å²) >= 11 is 0. The van der Waals surface area contributed by atoms with E-state index in [2.05, 4.69) is 4.98 Å². The Kier molecular flexibility index (Phi) is 6.59. The van der Waals surface area contributed by atoms with Crippen molar-refractivity contribution >= 4 is 5.97 Å². The van der Waals surface area contributed by atoms with Gasteiger partial charge in [0.05, 0.1) is 33.1 Å². The fourth-order valence-electron chi connectivity index (χ4n) is 3.96. The summed E-state index contributed by atoms with van der Waals surface area (Å²) < 4.78 is 16.5. The second-order valence-corrected chi connectivity index (χ2v) is 7.21. The average Bonchev–Trinajstić information content (AvgIpc) is 2.74. The van der Waals surface area contributed by atoms with Crippen molar-refractivity contribution in [2.75, 3.05) is 27.9 Å². The fourth-order valence-corrected chi connectivity index (χ4v) is 3.96. The number of carbonyl (C=O) groups is 1. The predicted molar refractivity (Wildman–Crippen MR) is 109 cm³/mol. The van der Waals surface area contributed by atoms with Crippen LogP contribution in [0.1, 0.15) is 42.1 Å². The number of carboxylic acids is 1. The highest BCUT2D eigenvalue weighted by Gasteiger charge is 2.36. The third-order valence-electron chi connectivity index (χ3n) is 5.38. The highest BCUT2D eigenvalue weighted by Crippen LogP contribution is 2.43. The average molecular weight is 400 g/mol. The van der Waals surface area contributed by atoms with E-state index in [0.717, 1.165) is 29.7 Å². The summed E-state index contributed by atoms with van der Waals surface area (Å²) in [6.45, 7) is 2.65. The van der Waals surface area contributed by atoms with Crippen molar-refractivity contribution in [1.82, 2.24) is 9.88 Å². The number of aryl methyl sites for hydroxylation is 1. The van der Waals surface area contributed by atoms with Gasteiger partial charge < -0.3 is 19.3 Å². The monoisotopic (exact) mass is 400 g/mol. The van der Waals surface area contributed by atoms with Crippen LogP contribution >= 0.6 is 0 Å². The number of likely N-dealkylation sites (tertiary alicyclic amines) is 1. The fraction of sp³-hybridized carbons (Fsp3) is 0.455. The molecular weight excluding hydrogens is 372 g/mol. The maximum Gasteiger partial charge on any atom is 0.320 e. The first-order valence-corrected chi connectivity index (χ1v) is 9.71. The van der Waals surface area contributed by atoms with Gasteiger partial charge in [0.1, 0.15) is 6.04 Å². The van der Waals surface area contributed by atoms with Crippen LogP contribution in [-0.4, -0.2) is 54.9 Å². The van der Waals surface area contributed by atoms with Crippen molar-refractivity contribution in [3.8, 4) is 17.2 Å². The molecule has 0 amide bonds. The molecule has 1 aromatic heterocycles. The van der Waals surface area contributed by atoms with Crippen molar-refractivity contribution < 1.29 is 24.1 Å². The van der Waals surface area contributed by atoms with E-state index < -0.39 is 12.0 Å².